The summed E-state index contributed by atoms with van der Waals surface area (Å²) < 4.78 is 26.9. The lowest BCUT2D eigenvalue weighted by Gasteiger charge is -2.21. The highest BCUT2D eigenvalue weighted by Gasteiger charge is 2.33. The van der Waals surface area contributed by atoms with Crippen molar-refractivity contribution in [1.82, 2.24) is 10.0 Å². The molecule has 18 heavy (non-hydrogen) atoms. The minimum Gasteiger partial charge on any atom is -0.313 e. The van der Waals surface area contributed by atoms with Crippen LogP contribution in [0.3, 0.4) is 0 Å². The van der Waals surface area contributed by atoms with Crippen LogP contribution in [0.25, 0.3) is 0 Å². The van der Waals surface area contributed by atoms with E-state index in [1.807, 2.05) is 0 Å². The molecular formula is C13H26N2O2S. The van der Waals surface area contributed by atoms with Gasteiger partial charge in [-0.3, -0.25) is 0 Å². The van der Waals surface area contributed by atoms with Crippen molar-refractivity contribution < 1.29 is 8.42 Å². The number of sulfonamides is 1. The molecule has 2 N–H and O–H groups in total. The molecule has 0 heterocycles. The lowest BCUT2D eigenvalue weighted by atomic mass is 9.94. The molecule has 0 bridgehead atoms. The first-order chi connectivity index (χ1) is 8.52. The standard InChI is InChI=1S/C13H26N2O2S/c1-3-11-4-7-13(10(11)2)15-18(16,17)9-8-14-12-5-6-12/h10-15H,3-9H2,1-2H3. The third kappa shape index (κ3) is 3.93. The number of rotatable bonds is 7. The van der Waals surface area contributed by atoms with Crippen LogP contribution in [-0.2, 0) is 10.0 Å². The van der Waals surface area contributed by atoms with Crippen molar-refractivity contribution in [1.29, 1.82) is 0 Å². The van der Waals surface area contributed by atoms with Crippen LogP contribution in [0.1, 0.15) is 46.0 Å². The highest BCUT2D eigenvalue weighted by molar-refractivity contribution is 7.89. The van der Waals surface area contributed by atoms with Crippen molar-refractivity contribution in [2.75, 3.05) is 12.3 Å². The number of hydrogen-bond donors (Lipinski definition) is 2. The molecule has 0 amide bonds. The van der Waals surface area contributed by atoms with Gasteiger partial charge in [-0.05, 0) is 37.5 Å². The summed E-state index contributed by atoms with van der Waals surface area (Å²) in [5.41, 5.74) is 0. The lowest BCUT2D eigenvalue weighted by Crippen LogP contribution is -2.41. The first-order valence-corrected chi connectivity index (χ1v) is 8.90. The Morgan fingerprint density at radius 1 is 1.17 bits per heavy atom. The molecule has 0 aliphatic heterocycles. The van der Waals surface area contributed by atoms with Gasteiger partial charge in [-0.1, -0.05) is 20.3 Å². The van der Waals surface area contributed by atoms with Gasteiger partial charge in [0.05, 0.1) is 5.75 Å². The highest BCUT2D eigenvalue weighted by atomic mass is 32.2. The Balaban J connectivity index is 1.76. The first kappa shape index (κ1) is 14.3. The normalized spacial score (nSPS) is 32.9. The van der Waals surface area contributed by atoms with E-state index in [1.54, 1.807) is 0 Å². The van der Waals surface area contributed by atoms with E-state index in [9.17, 15) is 8.42 Å². The van der Waals surface area contributed by atoms with E-state index < -0.39 is 10.0 Å². The van der Waals surface area contributed by atoms with Crippen molar-refractivity contribution in [3.63, 3.8) is 0 Å². The molecule has 0 aromatic heterocycles. The van der Waals surface area contributed by atoms with Gasteiger partial charge in [-0.25, -0.2) is 13.1 Å². The summed E-state index contributed by atoms with van der Waals surface area (Å²) in [6.07, 6.45) is 5.71. The molecule has 0 radical (unpaired) electrons. The van der Waals surface area contributed by atoms with E-state index in [0.29, 0.717) is 24.4 Å². The van der Waals surface area contributed by atoms with Crippen molar-refractivity contribution in [2.45, 2.75) is 58.0 Å². The molecule has 2 rings (SSSR count). The van der Waals surface area contributed by atoms with E-state index in [0.717, 1.165) is 19.3 Å². The molecular weight excluding hydrogens is 248 g/mol. The predicted molar refractivity (Wildman–Crippen MR) is 73.9 cm³/mol. The highest BCUT2D eigenvalue weighted by Crippen LogP contribution is 2.34. The van der Waals surface area contributed by atoms with Crippen molar-refractivity contribution in [2.24, 2.45) is 11.8 Å². The Kier molecular flexibility index (Phi) is 4.67. The Labute approximate surface area is 111 Å². The fourth-order valence-electron chi connectivity index (χ4n) is 2.96. The number of hydrogen-bond acceptors (Lipinski definition) is 3. The third-order valence-electron chi connectivity index (χ3n) is 4.46. The average Bonchev–Trinajstić information content (AvgIpc) is 3.05. The Morgan fingerprint density at radius 2 is 1.89 bits per heavy atom. The maximum absolute atomic E-state index is 12.0. The summed E-state index contributed by atoms with van der Waals surface area (Å²) in [6, 6.07) is 0.732. The van der Waals surface area contributed by atoms with Crippen LogP contribution in [0.2, 0.25) is 0 Å². The maximum Gasteiger partial charge on any atom is 0.213 e. The summed E-state index contributed by atoms with van der Waals surface area (Å²) in [5.74, 6) is 1.37. The fraction of sp³-hybridized carbons (Fsp3) is 1.00. The Bertz CT molecular complexity index is 365. The van der Waals surface area contributed by atoms with Crippen LogP contribution >= 0.6 is 0 Å². The van der Waals surface area contributed by atoms with Gasteiger partial charge in [0.15, 0.2) is 0 Å². The maximum atomic E-state index is 12.0. The molecule has 5 heteroatoms. The van der Waals surface area contributed by atoms with Crippen LogP contribution in [-0.4, -0.2) is 32.8 Å². The Morgan fingerprint density at radius 3 is 2.44 bits per heavy atom. The molecule has 2 fully saturated rings. The zero-order chi connectivity index (χ0) is 13.2. The molecule has 2 aliphatic carbocycles. The van der Waals surface area contributed by atoms with Crippen molar-refractivity contribution in [3.8, 4) is 0 Å². The molecule has 106 valence electrons. The smallest absolute Gasteiger partial charge is 0.213 e. The van der Waals surface area contributed by atoms with Gasteiger partial charge < -0.3 is 5.32 Å². The van der Waals surface area contributed by atoms with Gasteiger partial charge in [0.2, 0.25) is 10.0 Å². The zero-order valence-corrected chi connectivity index (χ0v) is 12.3. The lowest BCUT2D eigenvalue weighted by molar-refractivity contribution is 0.368. The van der Waals surface area contributed by atoms with E-state index >= 15 is 0 Å². The first-order valence-electron chi connectivity index (χ1n) is 7.25. The zero-order valence-electron chi connectivity index (χ0n) is 11.5. The molecule has 4 nitrogen and oxygen atoms in total. The summed E-state index contributed by atoms with van der Waals surface area (Å²) in [6.45, 7) is 4.95. The summed E-state index contributed by atoms with van der Waals surface area (Å²) in [5, 5.41) is 3.25. The van der Waals surface area contributed by atoms with Crippen molar-refractivity contribution in [3.05, 3.63) is 0 Å². The second-order valence-corrected chi connectivity index (χ2v) is 7.75. The third-order valence-corrected chi connectivity index (χ3v) is 5.87. The molecule has 0 saturated heterocycles. The predicted octanol–water partition coefficient (Wildman–Crippen LogP) is 1.48. The fourth-order valence-corrected chi connectivity index (χ4v) is 4.26. The average molecular weight is 274 g/mol. The minimum absolute atomic E-state index is 0.154. The second-order valence-electron chi connectivity index (χ2n) is 5.88. The molecule has 2 aliphatic rings. The molecule has 3 atom stereocenters. The Hall–Kier alpha value is -0.130. The quantitative estimate of drug-likeness (QED) is 0.739. The molecule has 0 aromatic carbocycles. The number of nitrogens with one attached hydrogen (secondary N) is 2. The molecule has 2 saturated carbocycles. The topological polar surface area (TPSA) is 58.2 Å². The van der Waals surface area contributed by atoms with E-state index in [2.05, 4.69) is 23.9 Å². The van der Waals surface area contributed by atoms with E-state index in [-0.39, 0.29) is 11.8 Å². The monoisotopic (exact) mass is 274 g/mol. The second kappa shape index (κ2) is 5.88. The van der Waals surface area contributed by atoms with Gasteiger partial charge in [0.1, 0.15) is 0 Å². The van der Waals surface area contributed by atoms with Crippen molar-refractivity contribution >= 4 is 10.0 Å². The molecule has 0 aromatic rings. The van der Waals surface area contributed by atoms with Crippen LogP contribution in [0.4, 0.5) is 0 Å². The van der Waals surface area contributed by atoms with E-state index in [4.69, 9.17) is 0 Å². The van der Waals surface area contributed by atoms with Crippen LogP contribution in [0.5, 0.6) is 0 Å². The minimum atomic E-state index is -3.11. The van der Waals surface area contributed by atoms with Gasteiger partial charge in [0, 0.05) is 18.6 Å². The van der Waals surface area contributed by atoms with Gasteiger partial charge in [-0.2, -0.15) is 0 Å². The SMILES string of the molecule is CCC1CCC(NS(=O)(=O)CCNC2CC2)C1C. The summed E-state index contributed by atoms with van der Waals surface area (Å²) >= 11 is 0. The largest absolute Gasteiger partial charge is 0.313 e. The summed E-state index contributed by atoms with van der Waals surface area (Å²) in [4.78, 5) is 0. The molecule has 3 unspecified atom stereocenters. The van der Waals surface area contributed by atoms with Crippen LogP contribution < -0.4 is 10.0 Å². The van der Waals surface area contributed by atoms with E-state index in [1.165, 1.54) is 12.8 Å². The van der Waals surface area contributed by atoms with Crippen LogP contribution in [0.15, 0.2) is 0 Å². The van der Waals surface area contributed by atoms with Gasteiger partial charge >= 0.3 is 0 Å². The summed E-state index contributed by atoms with van der Waals surface area (Å²) in [7, 11) is -3.11. The van der Waals surface area contributed by atoms with Gasteiger partial charge in [-0.15, -0.1) is 0 Å². The molecule has 0 spiro atoms. The van der Waals surface area contributed by atoms with Crippen LogP contribution in [0, 0.1) is 11.8 Å². The van der Waals surface area contributed by atoms with Gasteiger partial charge in [0.25, 0.3) is 0 Å².